The Morgan fingerprint density at radius 3 is 2.10 bits per heavy atom. The summed E-state index contributed by atoms with van der Waals surface area (Å²) in [5, 5.41) is 38.0. The number of aromatic hydroxyl groups is 2. The molecule has 10 nitrogen and oxygen atoms in total. The number of phenols is 2. The molecule has 1 amide bonds. The number of rotatable bonds is 7. The van der Waals surface area contributed by atoms with E-state index in [9.17, 15) is 20.3 Å². The van der Waals surface area contributed by atoms with Crippen molar-refractivity contribution in [2.24, 2.45) is 0 Å². The van der Waals surface area contributed by atoms with Gasteiger partial charge in [0.15, 0.2) is 23.0 Å². The predicted molar refractivity (Wildman–Crippen MR) is 194 cm³/mol. The first-order valence-corrected chi connectivity index (χ1v) is 17.3. The van der Waals surface area contributed by atoms with E-state index in [1.165, 1.54) is 7.11 Å². The summed E-state index contributed by atoms with van der Waals surface area (Å²) in [5.41, 5.74) is 7.98. The van der Waals surface area contributed by atoms with Crippen molar-refractivity contribution in [2.75, 3.05) is 34.9 Å². The van der Waals surface area contributed by atoms with Crippen LogP contribution in [0, 0.1) is 32.1 Å². The van der Waals surface area contributed by atoms with Gasteiger partial charge in [-0.15, -0.1) is 0 Å². The minimum absolute atomic E-state index is 0.0367. The van der Waals surface area contributed by atoms with E-state index in [0.717, 1.165) is 38.9 Å². The van der Waals surface area contributed by atoms with E-state index in [1.807, 2.05) is 69.4 Å². The van der Waals surface area contributed by atoms with E-state index >= 15 is 0 Å². The Balaban J connectivity index is 1.40. The lowest BCUT2D eigenvalue weighted by Gasteiger charge is -2.60. The summed E-state index contributed by atoms with van der Waals surface area (Å²) in [5.74, 6) is 1.11. The number of hydrogen-bond donors (Lipinski definition) is 3. The average Bonchev–Trinajstić information content (AvgIpc) is 3.14. The van der Waals surface area contributed by atoms with Gasteiger partial charge in [-0.25, -0.2) is 0 Å². The van der Waals surface area contributed by atoms with Crippen LogP contribution in [0.15, 0.2) is 54.6 Å². The smallest absolute Gasteiger partial charge is 0.251 e. The normalized spacial score (nSPS) is 22.2. The highest BCUT2D eigenvalue weighted by Gasteiger charge is 2.56. The molecule has 0 radical (unpaired) electrons. The fourth-order valence-corrected chi connectivity index (χ4v) is 9.18. The van der Waals surface area contributed by atoms with Gasteiger partial charge in [0.25, 0.3) is 5.91 Å². The zero-order valence-electron chi connectivity index (χ0n) is 30.1. The molecular formula is C41H44N4O6. The maximum Gasteiger partial charge on any atom is 0.251 e. The second-order valence-electron chi connectivity index (χ2n) is 13.8. The molecule has 0 spiro atoms. The lowest BCUT2D eigenvalue weighted by atomic mass is 9.70. The van der Waals surface area contributed by atoms with E-state index in [1.54, 1.807) is 20.3 Å². The molecule has 3 heterocycles. The summed E-state index contributed by atoms with van der Waals surface area (Å²) in [6.45, 7) is 5.94. The van der Waals surface area contributed by atoms with Crippen LogP contribution in [-0.4, -0.2) is 79.0 Å². The Bertz CT molecular complexity index is 2080. The van der Waals surface area contributed by atoms with Gasteiger partial charge in [-0.1, -0.05) is 48.5 Å². The summed E-state index contributed by atoms with van der Waals surface area (Å²) >= 11 is 0. The number of nitrogens with zero attached hydrogens (tertiary/aromatic N) is 3. The molecule has 3 aliphatic rings. The van der Waals surface area contributed by atoms with Crippen LogP contribution in [0.4, 0.5) is 0 Å². The van der Waals surface area contributed by atoms with Crippen LogP contribution < -0.4 is 19.5 Å². The molecule has 4 aromatic carbocycles. The molecule has 51 heavy (non-hydrogen) atoms. The van der Waals surface area contributed by atoms with Crippen molar-refractivity contribution < 1.29 is 29.2 Å². The number of nitrogens with one attached hydrogen (secondary N) is 1. The number of amides is 1. The fourth-order valence-electron chi connectivity index (χ4n) is 9.18. The van der Waals surface area contributed by atoms with Crippen LogP contribution in [0.3, 0.4) is 0 Å². The van der Waals surface area contributed by atoms with Gasteiger partial charge in [-0.3, -0.25) is 14.6 Å². The maximum atomic E-state index is 14.1. The minimum atomic E-state index is -0.643. The van der Waals surface area contributed by atoms with Crippen molar-refractivity contribution in [2.45, 2.75) is 63.8 Å². The number of likely N-dealkylation sites (N-methyl/N-ethyl adjacent to an activating group) is 1. The summed E-state index contributed by atoms with van der Waals surface area (Å²) < 4.78 is 17.5. The highest BCUT2D eigenvalue weighted by molar-refractivity contribution is 6.00. The van der Waals surface area contributed by atoms with Gasteiger partial charge in [0.2, 0.25) is 0 Å². The van der Waals surface area contributed by atoms with E-state index < -0.39 is 12.1 Å². The number of fused-ring (bicyclic) bond motifs is 7. The van der Waals surface area contributed by atoms with Gasteiger partial charge in [-0.2, -0.15) is 5.26 Å². The summed E-state index contributed by atoms with van der Waals surface area (Å²) in [7, 11) is 6.69. The topological polar surface area (TPSA) is 128 Å². The Kier molecular flexibility index (Phi) is 8.82. The van der Waals surface area contributed by atoms with Crippen LogP contribution in [-0.2, 0) is 12.8 Å². The fraction of sp³-hybridized carbons (Fsp3) is 0.366. The second-order valence-corrected chi connectivity index (χ2v) is 13.8. The zero-order chi connectivity index (χ0) is 36.3. The molecule has 1 fully saturated rings. The number of piperazine rings is 1. The Labute approximate surface area is 298 Å². The summed E-state index contributed by atoms with van der Waals surface area (Å²) in [4.78, 5) is 18.5. The minimum Gasteiger partial charge on any atom is -0.504 e. The lowest BCUT2D eigenvalue weighted by molar-refractivity contribution is -0.0722. The quantitative estimate of drug-likeness (QED) is 0.217. The third kappa shape index (κ3) is 5.09. The molecule has 7 rings (SSSR count). The number of nitriles is 1. The third-order valence-corrected chi connectivity index (χ3v) is 11.6. The Hall–Kier alpha value is -5.24. The van der Waals surface area contributed by atoms with Crippen molar-refractivity contribution in [3.8, 4) is 45.9 Å². The number of ether oxygens (including phenoxy) is 3. The Morgan fingerprint density at radius 2 is 1.43 bits per heavy atom. The van der Waals surface area contributed by atoms with Crippen LogP contribution in [0.1, 0.15) is 61.4 Å². The van der Waals surface area contributed by atoms with E-state index in [2.05, 4.69) is 28.1 Å². The molecule has 0 aliphatic carbocycles. The molecule has 264 valence electrons. The van der Waals surface area contributed by atoms with Gasteiger partial charge in [0, 0.05) is 46.4 Å². The lowest BCUT2D eigenvalue weighted by Crippen LogP contribution is -2.68. The van der Waals surface area contributed by atoms with Crippen molar-refractivity contribution in [1.29, 1.82) is 5.26 Å². The molecule has 1 unspecified atom stereocenters. The molecule has 2 bridgehead atoms. The van der Waals surface area contributed by atoms with E-state index in [4.69, 9.17) is 14.2 Å². The van der Waals surface area contributed by atoms with Crippen molar-refractivity contribution in [3.63, 3.8) is 0 Å². The summed E-state index contributed by atoms with van der Waals surface area (Å²) in [6, 6.07) is 17.7. The van der Waals surface area contributed by atoms with Gasteiger partial charge in [0.1, 0.15) is 11.8 Å². The molecular weight excluding hydrogens is 644 g/mol. The highest BCUT2D eigenvalue weighted by Crippen LogP contribution is 2.57. The van der Waals surface area contributed by atoms with Crippen LogP contribution >= 0.6 is 0 Å². The SMILES string of the molecule is COc1c(C)c(C)c2c(c1O)[C@@H]1[C@@H]3Cc4c(OC)c(C)c(OC)c(O)c4[C@H](CNC(=O)c4ccccc4-c4ccccc4)N3C(C#N)[C@H](C2)N1C. The van der Waals surface area contributed by atoms with Crippen LogP contribution in [0.5, 0.6) is 28.7 Å². The molecule has 5 atom stereocenters. The van der Waals surface area contributed by atoms with E-state index in [0.29, 0.717) is 41.0 Å². The molecule has 3 N–H and O–H groups in total. The largest absolute Gasteiger partial charge is 0.504 e. The van der Waals surface area contributed by atoms with Gasteiger partial charge < -0.3 is 29.7 Å². The second kappa shape index (κ2) is 13.1. The first kappa shape index (κ1) is 34.2. The summed E-state index contributed by atoms with van der Waals surface area (Å²) in [6.07, 6.45) is 0.948. The van der Waals surface area contributed by atoms with Gasteiger partial charge in [0.05, 0.1) is 39.5 Å². The number of hydrogen-bond acceptors (Lipinski definition) is 9. The van der Waals surface area contributed by atoms with Crippen molar-refractivity contribution >= 4 is 5.91 Å². The molecule has 1 saturated heterocycles. The standard InChI is InChI=1S/C41H44N4O6/c1-21-22(2)39(50-6)37(47)34-27(21)17-29-31(19-42)45-30(35(34)44(29)4)18-28-33(36(46)40(51-7)23(3)38(28)49-5)32(45)20-43-41(48)26-16-12-11-15-25(26)24-13-9-8-10-14-24/h8-16,29-32,35,46-47H,17-18,20H2,1-7H3,(H,43,48)/t29-,30-,31?,32-,35-/m0/s1. The van der Waals surface area contributed by atoms with Gasteiger partial charge >= 0.3 is 0 Å². The average molecular weight is 689 g/mol. The third-order valence-electron chi connectivity index (χ3n) is 11.6. The van der Waals surface area contributed by atoms with Gasteiger partial charge in [-0.05, 0) is 74.5 Å². The highest BCUT2D eigenvalue weighted by atomic mass is 16.5. The van der Waals surface area contributed by atoms with Crippen LogP contribution in [0.25, 0.3) is 11.1 Å². The predicted octanol–water partition coefficient (Wildman–Crippen LogP) is 5.92. The monoisotopic (exact) mass is 688 g/mol. The number of phenolic OH excluding ortho intramolecular Hbond substituents is 2. The van der Waals surface area contributed by atoms with Crippen molar-refractivity contribution in [3.05, 3.63) is 99.1 Å². The Morgan fingerprint density at radius 1 is 0.824 bits per heavy atom. The molecule has 10 heteroatoms. The maximum absolute atomic E-state index is 14.1. The molecule has 0 aromatic heterocycles. The number of methoxy groups -OCH3 is 3. The molecule has 3 aliphatic heterocycles. The van der Waals surface area contributed by atoms with Crippen molar-refractivity contribution in [1.82, 2.24) is 15.1 Å². The van der Waals surface area contributed by atoms with E-state index in [-0.39, 0.29) is 47.8 Å². The first-order chi connectivity index (χ1) is 24.6. The zero-order valence-corrected chi connectivity index (χ0v) is 30.1. The van der Waals surface area contributed by atoms with Crippen LogP contribution in [0.2, 0.25) is 0 Å². The number of benzene rings is 4. The molecule has 0 saturated carbocycles. The molecule has 4 aromatic rings. The number of carbonyl (C=O) groups is 1. The number of carbonyl (C=O) groups excluding carboxylic acids is 1. The first-order valence-electron chi connectivity index (χ1n) is 17.3.